The van der Waals surface area contributed by atoms with Crippen LogP contribution < -0.4 is 5.32 Å². The van der Waals surface area contributed by atoms with Gasteiger partial charge in [-0.1, -0.05) is 30.3 Å². The predicted molar refractivity (Wildman–Crippen MR) is 94.7 cm³/mol. The highest BCUT2D eigenvalue weighted by Gasteiger charge is 2.29. The number of aromatic nitrogens is 2. The molecule has 2 aromatic rings. The molecule has 1 aliphatic heterocycles. The Morgan fingerprint density at radius 3 is 2.80 bits per heavy atom. The maximum Gasteiger partial charge on any atom is 0.224 e. The summed E-state index contributed by atoms with van der Waals surface area (Å²) in [5.74, 6) is 0.0620. The van der Waals surface area contributed by atoms with E-state index in [1.54, 1.807) is 10.9 Å². The molecule has 0 aliphatic carbocycles. The molecular formula is C19H24N4O2. The molecular weight excluding hydrogens is 316 g/mol. The summed E-state index contributed by atoms with van der Waals surface area (Å²) < 4.78 is 1.79. The van der Waals surface area contributed by atoms with Gasteiger partial charge in [0.2, 0.25) is 11.8 Å². The van der Waals surface area contributed by atoms with Crippen molar-refractivity contribution >= 4 is 11.8 Å². The average molecular weight is 340 g/mol. The molecule has 1 atom stereocenters. The Balaban J connectivity index is 1.45. The van der Waals surface area contributed by atoms with Crippen LogP contribution in [0.1, 0.15) is 18.4 Å². The van der Waals surface area contributed by atoms with Crippen molar-refractivity contribution in [2.45, 2.75) is 25.8 Å². The van der Waals surface area contributed by atoms with Crippen molar-refractivity contribution in [2.24, 2.45) is 5.92 Å². The molecule has 0 unspecified atom stereocenters. The van der Waals surface area contributed by atoms with Crippen molar-refractivity contribution in [3.63, 3.8) is 0 Å². The molecule has 0 radical (unpaired) electrons. The van der Waals surface area contributed by atoms with Crippen molar-refractivity contribution in [1.29, 1.82) is 0 Å². The van der Waals surface area contributed by atoms with Gasteiger partial charge in [-0.3, -0.25) is 14.3 Å². The number of rotatable bonds is 7. The number of piperidine rings is 1. The summed E-state index contributed by atoms with van der Waals surface area (Å²) in [4.78, 5) is 26.3. The lowest BCUT2D eigenvalue weighted by Crippen LogP contribution is -2.46. The van der Waals surface area contributed by atoms with E-state index in [-0.39, 0.29) is 17.7 Å². The average Bonchev–Trinajstić information content (AvgIpc) is 3.15. The molecule has 2 amide bonds. The summed E-state index contributed by atoms with van der Waals surface area (Å²) in [6, 6.07) is 12.0. The minimum Gasteiger partial charge on any atom is -0.354 e. The van der Waals surface area contributed by atoms with Gasteiger partial charge in [0.1, 0.15) is 0 Å². The summed E-state index contributed by atoms with van der Waals surface area (Å²) in [5, 5.41) is 7.08. The zero-order valence-electron chi connectivity index (χ0n) is 14.3. The van der Waals surface area contributed by atoms with Crippen LogP contribution in [-0.4, -0.2) is 46.1 Å². The Hall–Kier alpha value is -2.63. The second-order valence-electron chi connectivity index (χ2n) is 6.37. The van der Waals surface area contributed by atoms with Crippen LogP contribution in [-0.2, 0) is 22.6 Å². The van der Waals surface area contributed by atoms with Crippen LogP contribution in [0.4, 0.5) is 0 Å². The molecule has 1 saturated heterocycles. The lowest BCUT2D eigenvalue weighted by Gasteiger charge is -2.32. The third-order valence-electron chi connectivity index (χ3n) is 4.58. The number of hydrogen-bond acceptors (Lipinski definition) is 3. The largest absolute Gasteiger partial charge is 0.354 e. The second-order valence-corrected chi connectivity index (χ2v) is 6.37. The summed E-state index contributed by atoms with van der Waals surface area (Å²) in [6.45, 7) is 2.39. The molecule has 1 aromatic heterocycles. The van der Waals surface area contributed by atoms with Gasteiger partial charge in [-0.05, 0) is 24.5 Å². The van der Waals surface area contributed by atoms with Gasteiger partial charge in [0.25, 0.3) is 0 Å². The van der Waals surface area contributed by atoms with Gasteiger partial charge < -0.3 is 10.2 Å². The standard InChI is InChI=1S/C19H24N4O2/c24-18-8-7-17(19(25)20-11-14-23-12-4-10-21-23)15-22(18)13-9-16-5-2-1-3-6-16/h1-6,10,12,17H,7-9,11,13-15H2,(H,20,25)/t17-/m1/s1. The van der Waals surface area contributed by atoms with E-state index in [1.807, 2.05) is 35.4 Å². The van der Waals surface area contributed by atoms with Gasteiger partial charge in [-0.15, -0.1) is 0 Å². The van der Waals surface area contributed by atoms with Crippen molar-refractivity contribution in [2.75, 3.05) is 19.6 Å². The first-order valence-corrected chi connectivity index (χ1v) is 8.79. The Labute approximate surface area is 147 Å². The fourth-order valence-electron chi connectivity index (χ4n) is 3.12. The monoisotopic (exact) mass is 340 g/mol. The minimum atomic E-state index is -0.119. The molecule has 1 aliphatic rings. The molecule has 6 nitrogen and oxygen atoms in total. The third kappa shape index (κ3) is 4.92. The van der Waals surface area contributed by atoms with Crippen LogP contribution in [0.15, 0.2) is 48.8 Å². The smallest absolute Gasteiger partial charge is 0.224 e. The van der Waals surface area contributed by atoms with Crippen LogP contribution in [0.5, 0.6) is 0 Å². The topological polar surface area (TPSA) is 67.2 Å². The highest BCUT2D eigenvalue weighted by Crippen LogP contribution is 2.18. The summed E-state index contributed by atoms with van der Waals surface area (Å²) >= 11 is 0. The van der Waals surface area contributed by atoms with Crippen molar-refractivity contribution in [3.8, 4) is 0 Å². The van der Waals surface area contributed by atoms with Crippen LogP contribution in [0.3, 0.4) is 0 Å². The number of benzene rings is 1. The maximum absolute atomic E-state index is 12.4. The Morgan fingerprint density at radius 2 is 2.04 bits per heavy atom. The van der Waals surface area contributed by atoms with Crippen LogP contribution in [0, 0.1) is 5.92 Å². The molecule has 0 spiro atoms. The SMILES string of the molecule is O=C(NCCn1cccn1)[C@@H]1CCC(=O)N(CCc2ccccc2)C1. The number of carbonyl (C=O) groups is 2. The first-order chi connectivity index (χ1) is 12.2. The highest BCUT2D eigenvalue weighted by atomic mass is 16.2. The molecule has 0 bridgehead atoms. The lowest BCUT2D eigenvalue weighted by molar-refractivity contribution is -0.138. The molecule has 3 rings (SSSR count). The Bertz CT molecular complexity index is 685. The van der Waals surface area contributed by atoms with Crippen LogP contribution in [0.25, 0.3) is 0 Å². The molecule has 25 heavy (non-hydrogen) atoms. The fourth-order valence-corrected chi connectivity index (χ4v) is 3.12. The third-order valence-corrected chi connectivity index (χ3v) is 4.58. The van der Waals surface area contributed by atoms with E-state index < -0.39 is 0 Å². The molecule has 1 N–H and O–H groups in total. The summed E-state index contributed by atoms with van der Waals surface area (Å²) in [6.07, 6.45) is 5.50. The normalized spacial score (nSPS) is 17.5. The number of amides is 2. The molecule has 1 fully saturated rings. The summed E-state index contributed by atoms with van der Waals surface area (Å²) in [7, 11) is 0. The van der Waals surface area contributed by atoms with Gasteiger partial charge >= 0.3 is 0 Å². The number of likely N-dealkylation sites (tertiary alicyclic amines) is 1. The van der Waals surface area contributed by atoms with E-state index in [9.17, 15) is 9.59 Å². The number of nitrogens with one attached hydrogen (secondary N) is 1. The van der Waals surface area contributed by atoms with E-state index in [4.69, 9.17) is 0 Å². The van der Waals surface area contributed by atoms with Crippen molar-refractivity contribution in [3.05, 3.63) is 54.4 Å². The van der Waals surface area contributed by atoms with Crippen molar-refractivity contribution in [1.82, 2.24) is 20.0 Å². The second kappa shape index (κ2) is 8.46. The van der Waals surface area contributed by atoms with Gasteiger partial charge in [0, 0.05) is 38.4 Å². The van der Waals surface area contributed by atoms with E-state index in [0.29, 0.717) is 39.0 Å². The van der Waals surface area contributed by atoms with Gasteiger partial charge in [-0.2, -0.15) is 5.10 Å². The molecule has 6 heteroatoms. The first-order valence-electron chi connectivity index (χ1n) is 8.79. The zero-order chi connectivity index (χ0) is 17.5. The first kappa shape index (κ1) is 17.2. The van der Waals surface area contributed by atoms with E-state index in [1.165, 1.54) is 5.56 Å². The van der Waals surface area contributed by atoms with Crippen LogP contribution in [0.2, 0.25) is 0 Å². The maximum atomic E-state index is 12.4. The Kier molecular flexibility index (Phi) is 5.82. The van der Waals surface area contributed by atoms with Gasteiger partial charge in [-0.25, -0.2) is 0 Å². The van der Waals surface area contributed by atoms with E-state index in [2.05, 4.69) is 22.5 Å². The quantitative estimate of drug-likeness (QED) is 0.830. The highest BCUT2D eigenvalue weighted by molar-refractivity contribution is 5.83. The lowest BCUT2D eigenvalue weighted by atomic mass is 9.96. The van der Waals surface area contributed by atoms with Crippen molar-refractivity contribution < 1.29 is 9.59 Å². The van der Waals surface area contributed by atoms with Crippen LogP contribution >= 0.6 is 0 Å². The number of hydrogen-bond donors (Lipinski definition) is 1. The molecule has 1 aromatic carbocycles. The van der Waals surface area contributed by atoms with E-state index in [0.717, 1.165) is 6.42 Å². The Morgan fingerprint density at radius 1 is 1.20 bits per heavy atom. The molecule has 0 saturated carbocycles. The van der Waals surface area contributed by atoms with Gasteiger partial charge in [0.15, 0.2) is 0 Å². The van der Waals surface area contributed by atoms with Gasteiger partial charge in [0.05, 0.1) is 12.5 Å². The fraction of sp³-hybridized carbons (Fsp3) is 0.421. The molecule has 2 heterocycles. The number of nitrogens with zero attached hydrogens (tertiary/aromatic N) is 3. The summed E-state index contributed by atoms with van der Waals surface area (Å²) in [5.41, 5.74) is 1.21. The predicted octanol–water partition coefficient (Wildman–Crippen LogP) is 1.48. The number of carbonyl (C=O) groups excluding carboxylic acids is 2. The van der Waals surface area contributed by atoms with E-state index >= 15 is 0 Å². The zero-order valence-corrected chi connectivity index (χ0v) is 14.3. The minimum absolute atomic E-state index is 0.0318. The molecule has 132 valence electrons.